The van der Waals surface area contributed by atoms with E-state index in [4.69, 9.17) is 23.2 Å². The van der Waals surface area contributed by atoms with Gasteiger partial charge in [-0.1, -0.05) is 68.2 Å². The number of carbonyl (C=O) groups excluding carboxylic acids is 1. The number of halogens is 2. The van der Waals surface area contributed by atoms with Crippen molar-refractivity contribution in [2.45, 2.75) is 77.5 Å². The molecule has 1 heterocycles. The van der Waals surface area contributed by atoms with Crippen molar-refractivity contribution in [2.24, 2.45) is 11.3 Å². The van der Waals surface area contributed by atoms with Crippen LogP contribution in [0.15, 0.2) is 48.5 Å². The van der Waals surface area contributed by atoms with Crippen LogP contribution in [0, 0.1) is 11.3 Å². The molecule has 0 unspecified atom stereocenters. The van der Waals surface area contributed by atoms with Gasteiger partial charge in [0.15, 0.2) is 0 Å². The van der Waals surface area contributed by atoms with Crippen molar-refractivity contribution in [3.8, 4) is 0 Å². The smallest absolute Gasteiger partial charge is 0.304 e. The summed E-state index contributed by atoms with van der Waals surface area (Å²) in [7, 11) is 0. The first kappa shape index (κ1) is 27.5. The van der Waals surface area contributed by atoms with Gasteiger partial charge in [0, 0.05) is 27.9 Å². The number of piperidine rings is 1. The maximum atomic E-state index is 14.2. The molecule has 190 valence electrons. The quantitative estimate of drug-likeness (QED) is 0.405. The van der Waals surface area contributed by atoms with Crippen LogP contribution in [0.1, 0.15) is 77.0 Å². The van der Waals surface area contributed by atoms with Crippen molar-refractivity contribution in [2.75, 3.05) is 0 Å². The number of likely N-dealkylation sites (tertiary alicyclic amines) is 1. The van der Waals surface area contributed by atoms with Crippen LogP contribution in [0.2, 0.25) is 10.0 Å². The van der Waals surface area contributed by atoms with E-state index in [0.717, 1.165) is 11.1 Å². The first-order valence-electron chi connectivity index (χ1n) is 12.1. The third-order valence-corrected chi connectivity index (χ3v) is 8.09. The topological polar surface area (TPSA) is 77.8 Å². The third kappa shape index (κ3) is 5.84. The first-order chi connectivity index (χ1) is 16.3. The largest absolute Gasteiger partial charge is 0.481 e. The van der Waals surface area contributed by atoms with Gasteiger partial charge in [0.25, 0.3) is 0 Å². The molecule has 3 rings (SSSR count). The highest BCUT2D eigenvalue weighted by atomic mass is 35.5. The van der Waals surface area contributed by atoms with Gasteiger partial charge in [-0.3, -0.25) is 9.59 Å². The average Bonchev–Trinajstić information content (AvgIpc) is 2.76. The van der Waals surface area contributed by atoms with Gasteiger partial charge in [0.05, 0.1) is 23.5 Å². The van der Waals surface area contributed by atoms with Crippen LogP contribution in [0.3, 0.4) is 0 Å². The maximum absolute atomic E-state index is 14.2. The summed E-state index contributed by atoms with van der Waals surface area (Å²) in [6.07, 6.45) is 0.683. The monoisotopic (exact) mass is 519 g/mol. The minimum Gasteiger partial charge on any atom is -0.481 e. The number of rotatable bonds is 8. The van der Waals surface area contributed by atoms with Gasteiger partial charge in [0.2, 0.25) is 5.91 Å². The molecule has 0 radical (unpaired) electrons. The van der Waals surface area contributed by atoms with Crippen molar-refractivity contribution < 1.29 is 19.8 Å². The summed E-state index contributed by atoms with van der Waals surface area (Å²) < 4.78 is 0. The Morgan fingerprint density at radius 3 is 2.29 bits per heavy atom. The number of aliphatic hydroxyl groups is 1. The highest BCUT2D eigenvalue weighted by Crippen LogP contribution is 2.53. The van der Waals surface area contributed by atoms with E-state index in [0.29, 0.717) is 22.9 Å². The molecular formula is C28H35Cl2NO4. The predicted octanol–water partition coefficient (Wildman–Crippen LogP) is 6.72. The Bertz CT molecular complexity index is 1070. The van der Waals surface area contributed by atoms with E-state index in [1.807, 2.05) is 49.1 Å². The first-order valence-corrected chi connectivity index (χ1v) is 12.8. The van der Waals surface area contributed by atoms with Crippen LogP contribution >= 0.6 is 23.2 Å². The van der Waals surface area contributed by atoms with Crippen LogP contribution in [0.5, 0.6) is 0 Å². The van der Waals surface area contributed by atoms with Crippen LogP contribution in [-0.2, 0) is 9.59 Å². The fraction of sp³-hybridized carbons (Fsp3) is 0.500. The van der Waals surface area contributed by atoms with E-state index in [2.05, 4.69) is 0 Å². The lowest BCUT2D eigenvalue weighted by atomic mass is 9.66. The predicted molar refractivity (Wildman–Crippen MR) is 140 cm³/mol. The molecule has 0 aliphatic carbocycles. The highest BCUT2D eigenvalue weighted by Gasteiger charge is 2.53. The number of carboxylic acids is 1. The SMILES string of the molecule is CC[C@@H]([C@@H](C)C(C)(C)O)N1C(=O)[C@](C)(CC(=O)O)C[C@H](c2cccc(Cl)c2)[C@H]1c1ccc(Cl)cc1. The maximum Gasteiger partial charge on any atom is 0.304 e. The number of amides is 1. The molecule has 1 aliphatic rings. The molecule has 2 aromatic rings. The molecule has 1 amide bonds. The van der Waals surface area contributed by atoms with E-state index in [1.54, 1.807) is 39.0 Å². The molecule has 7 heteroatoms. The van der Waals surface area contributed by atoms with Crippen molar-refractivity contribution in [1.29, 1.82) is 0 Å². The summed E-state index contributed by atoms with van der Waals surface area (Å²) in [5, 5.41) is 21.8. The number of carbonyl (C=O) groups is 2. The minimum absolute atomic E-state index is 0.207. The second-order valence-electron chi connectivity index (χ2n) is 10.6. The Balaban J connectivity index is 2.28. The van der Waals surface area contributed by atoms with E-state index in [-0.39, 0.29) is 36.2 Å². The summed E-state index contributed by atoms with van der Waals surface area (Å²) in [5.41, 5.74) is -0.310. The standard InChI is InChI=1S/C28H35Cl2NO4/c1-6-23(17(2)27(3,4)35)31-25(18-10-12-20(29)13-11-18)22(19-8-7-9-21(30)14-19)15-28(5,26(31)34)16-24(32)33/h7-14,17,22-23,25,35H,6,15-16H2,1-5H3,(H,32,33)/t17-,22-,23+,25-,28+/m1/s1. The number of aliphatic carboxylic acids is 1. The minimum atomic E-state index is -1.12. The number of hydrogen-bond donors (Lipinski definition) is 2. The summed E-state index contributed by atoms with van der Waals surface area (Å²) in [6, 6.07) is 14.3. The molecule has 2 aromatic carbocycles. The zero-order chi connectivity index (χ0) is 26.1. The number of nitrogens with zero attached hydrogens (tertiary/aromatic N) is 1. The van der Waals surface area contributed by atoms with Crippen LogP contribution in [0.4, 0.5) is 0 Å². The second kappa shape index (κ2) is 10.5. The van der Waals surface area contributed by atoms with Gasteiger partial charge in [-0.25, -0.2) is 0 Å². The highest BCUT2D eigenvalue weighted by molar-refractivity contribution is 6.30. The molecular weight excluding hydrogens is 485 g/mol. The van der Waals surface area contributed by atoms with E-state index in [1.165, 1.54) is 0 Å². The zero-order valence-corrected chi connectivity index (χ0v) is 22.5. The number of hydrogen-bond acceptors (Lipinski definition) is 3. The molecule has 0 aromatic heterocycles. The summed E-state index contributed by atoms with van der Waals surface area (Å²) >= 11 is 12.6. The molecule has 1 saturated heterocycles. The summed E-state index contributed by atoms with van der Waals surface area (Å²) in [4.78, 5) is 28.0. The lowest BCUT2D eigenvalue weighted by molar-refractivity contribution is -0.164. The summed E-state index contributed by atoms with van der Waals surface area (Å²) in [6.45, 7) is 9.18. The molecule has 5 nitrogen and oxygen atoms in total. The molecule has 2 N–H and O–H groups in total. The molecule has 5 atom stereocenters. The summed E-state index contributed by atoms with van der Waals surface area (Å²) in [5.74, 6) is -1.70. The van der Waals surface area contributed by atoms with Gasteiger partial charge in [-0.15, -0.1) is 0 Å². The lowest BCUT2D eigenvalue weighted by Gasteiger charge is -2.54. The van der Waals surface area contributed by atoms with E-state index < -0.39 is 17.0 Å². The van der Waals surface area contributed by atoms with Gasteiger partial charge < -0.3 is 15.1 Å². The molecule has 1 aliphatic heterocycles. The third-order valence-electron chi connectivity index (χ3n) is 7.60. The Morgan fingerprint density at radius 2 is 1.77 bits per heavy atom. The average molecular weight is 520 g/mol. The Morgan fingerprint density at radius 1 is 1.14 bits per heavy atom. The normalized spacial score (nSPS) is 24.8. The molecule has 0 saturated carbocycles. The Hall–Kier alpha value is -2.08. The fourth-order valence-corrected chi connectivity index (χ4v) is 5.83. The van der Waals surface area contributed by atoms with Gasteiger partial charge in [-0.2, -0.15) is 0 Å². The van der Waals surface area contributed by atoms with E-state index in [9.17, 15) is 19.8 Å². The Labute approximate surface area is 218 Å². The number of benzene rings is 2. The Kier molecular flexibility index (Phi) is 8.25. The molecule has 1 fully saturated rings. The molecule has 35 heavy (non-hydrogen) atoms. The van der Waals surface area contributed by atoms with Crippen LogP contribution < -0.4 is 0 Å². The van der Waals surface area contributed by atoms with Gasteiger partial charge >= 0.3 is 5.97 Å². The zero-order valence-electron chi connectivity index (χ0n) is 21.0. The van der Waals surface area contributed by atoms with Crippen molar-refractivity contribution in [1.82, 2.24) is 4.90 Å². The van der Waals surface area contributed by atoms with Gasteiger partial charge in [0.1, 0.15) is 0 Å². The van der Waals surface area contributed by atoms with Crippen molar-refractivity contribution in [3.63, 3.8) is 0 Å². The molecule has 0 spiro atoms. The van der Waals surface area contributed by atoms with Crippen molar-refractivity contribution >= 4 is 35.1 Å². The van der Waals surface area contributed by atoms with Crippen molar-refractivity contribution in [3.05, 3.63) is 69.7 Å². The fourth-order valence-electron chi connectivity index (χ4n) is 5.51. The lowest BCUT2D eigenvalue weighted by Crippen LogP contribution is -2.59. The molecule has 0 bridgehead atoms. The van der Waals surface area contributed by atoms with Crippen LogP contribution in [0.25, 0.3) is 0 Å². The number of carboxylic acid groups (broad SMARTS) is 1. The van der Waals surface area contributed by atoms with Gasteiger partial charge in [-0.05, 0) is 62.1 Å². The van der Waals surface area contributed by atoms with E-state index >= 15 is 0 Å². The second-order valence-corrected chi connectivity index (χ2v) is 11.5. The van der Waals surface area contributed by atoms with Crippen LogP contribution in [-0.4, -0.2) is 38.6 Å².